The van der Waals surface area contributed by atoms with E-state index in [0.29, 0.717) is 33.9 Å². The van der Waals surface area contributed by atoms with Crippen molar-refractivity contribution in [2.24, 2.45) is 0 Å². The normalized spacial score (nSPS) is 10.7. The highest BCUT2D eigenvalue weighted by Crippen LogP contribution is 2.27. The molecule has 7 nitrogen and oxygen atoms in total. The lowest BCUT2D eigenvalue weighted by atomic mass is 10.2. The number of benzene rings is 1. The average Bonchev–Trinajstić information content (AvgIpc) is 3.08. The Kier molecular flexibility index (Phi) is 8.05. The van der Waals surface area contributed by atoms with Crippen LogP contribution < -0.4 is 10.1 Å². The second-order valence-corrected chi connectivity index (χ2v) is 8.05. The van der Waals surface area contributed by atoms with E-state index < -0.39 is 0 Å². The van der Waals surface area contributed by atoms with Crippen molar-refractivity contribution in [3.05, 3.63) is 29.8 Å². The van der Waals surface area contributed by atoms with Gasteiger partial charge in [0.2, 0.25) is 5.91 Å². The van der Waals surface area contributed by atoms with Gasteiger partial charge in [-0.05, 0) is 63.3 Å². The zero-order valence-corrected chi connectivity index (χ0v) is 17.5. The molecular formula is C18H24N4O3S2. The summed E-state index contributed by atoms with van der Waals surface area (Å²) in [5.74, 6) is 0.0599. The third-order valence-electron chi connectivity index (χ3n) is 3.52. The average molecular weight is 409 g/mol. The lowest BCUT2D eigenvalue weighted by Gasteiger charge is -2.18. The van der Waals surface area contributed by atoms with E-state index in [0.717, 1.165) is 0 Å². The first kappa shape index (κ1) is 21.2. The second kappa shape index (κ2) is 10.3. The summed E-state index contributed by atoms with van der Waals surface area (Å²) >= 11 is 2.62. The van der Waals surface area contributed by atoms with Crippen LogP contribution in [-0.2, 0) is 4.79 Å². The molecule has 146 valence electrons. The monoisotopic (exact) mass is 408 g/mol. The van der Waals surface area contributed by atoms with Gasteiger partial charge in [-0.1, -0.05) is 16.9 Å². The van der Waals surface area contributed by atoms with Gasteiger partial charge in [-0.25, -0.2) is 0 Å². The Bertz CT molecular complexity index is 758. The lowest BCUT2D eigenvalue weighted by molar-refractivity contribution is -0.113. The van der Waals surface area contributed by atoms with Crippen LogP contribution in [0.2, 0.25) is 0 Å². The molecular weight excluding hydrogens is 384 g/mol. The smallest absolute Gasteiger partial charge is 0.295 e. The van der Waals surface area contributed by atoms with Crippen LogP contribution in [0, 0.1) is 0 Å². The van der Waals surface area contributed by atoms with Crippen LogP contribution in [0.25, 0.3) is 0 Å². The minimum absolute atomic E-state index is 0.0101. The number of nitrogens with one attached hydrogen (secondary N) is 1. The fourth-order valence-corrected chi connectivity index (χ4v) is 3.82. The lowest BCUT2D eigenvalue weighted by Crippen LogP contribution is -2.30. The van der Waals surface area contributed by atoms with Gasteiger partial charge in [-0.3, -0.25) is 9.59 Å². The SMILES string of the molecule is CCN(CC)C(=O)c1ccc(NC(=O)CSc2nnc(OC(C)C)s2)cc1. The first-order valence-electron chi connectivity index (χ1n) is 8.75. The van der Waals surface area contributed by atoms with Crippen molar-refractivity contribution in [2.45, 2.75) is 38.1 Å². The van der Waals surface area contributed by atoms with Gasteiger partial charge in [0.05, 0.1) is 11.9 Å². The van der Waals surface area contributed by atoms with Crippen LogP contribution in [0.1, 0.15) is 38.1 Å². The van der Waals surface area contributed by atoms with Gasteiger partial charge < -0.3 is 15.0 Å². The molecule has 0 spiro atoms. The van der Waals surface area contributed by atoms with Crippen LogP contribution in [0.3, 0.4) is 0 Å². The van der Waals surface area contributed by atoms with Crippen LogP contribution in [0.5, 0.6) is 5.19 Å². The van der Waals surface area contributed by atoms with Gasteiger partial charge in [0, 0.05) is 24.3 Å². The molecule has 1 aromatic carbocycles. The maximum absolute atomic E-state index is 12.3. The molecule has 0 aliphatic rings. The number of anilines is 1. The highest BCUT2D eigenvalue weighted by Gasteiger charge is 2.13. The number of thioether (sulfide) groups is 1. The minimum Gasteiger partial charge on any atom is -0.466 e. The van der Waals surface area contributed by atoms with E-state index in [1.54, 1.807) is 29.2 Å². The summed E-state index contributed by atoms with van der Waals surface area (Å²) in [5, 5.41) is 11.2. The third-order valence-corrected chi connectivity index (χ3v) is 5.46. The molecule has 0 radical (unpaired) electrons. The molecule has 1 heterocycles. The summed E-state index contributed by atoms with van der Waals surface area (Å²) in [7, 11) is 0. The summed E-state index contributed by atoms with van der Waals surface area (Å²) in [5.41, 5.74) is 1.26. The number of carbonyl (C=O) groups is 2. The van der Waals surface area contributed by atoms with Crippen molar-refractivity contribution in [1.82, 2.24) is 15.1 Å². The maximum atomic E-state index is 12.3. The molecule has 1 N–H and O–H groups in total. The Labute approximate surface area is 167 Å². The summed E-state index contributed by atoms with van der Waals surface area (Å²) < 4.78 is 6.14. The summed E-state index contributed by atoms with van der Waals surface area (Å²) in [6, 6.07) is 6.92. The Hall–Kier alpha value is -2.13. The van der Waals surface area contributed by atoms with E-state index in [9.17, 15) is 9.59 Å². The highest BCUT2D eigenvalue weighted by molar-refractivity contribution is 8.01. The van der Waals surface area contributed by atoms with Crippen molar-refractivity contribution in [3.8, 4) is 5.19 Å². The molecule has 0 aliphatic heterocycles. The molecule has 0 saturated carbocycles. The van der Waals surface area contributed by atoms with Gasteiger partial charge >= 0.3 is 0 Å². The molecule has 0 unspecified atom stereocenters. The minimum atomic E-state index is -0.149. The largest absolute Gasteiger partial charge is 0.466 e. The first-order valence-corrected chi connectivity index (χ1v) is 10.5. The second-order valence-electron chi connectivity index (χ2n) is 5.89. The predicted molar refractivity (Wildman–Crippen MR) is 109 cm³/mol. The zero-order valence-electron chi connectivity index (χ0n) is 15.9. The summed E-state index contributed by atoms with van der Waals surface area (Å²) in [6.07, 6.45) is 0.0377. The fraction of sp³-hybridized carbons (Fsp3) is 0.444. The van der Waals surface area contributed by atoms with Crippen LogP contribution >= 0.6 is 23.1 Å². The van der Waals surface area contributed by atoms with Crippen molar-refractivity contribution in [2.75, 3.05) is 24.2 Å². The highest BCUT2D eigenvalue weighted by atomic mass is 32.2. The Morgan fingerprint density at radius 3 is 2.44 bits per heavy atom. The molecule has 2 rings (SSSR count). The van der Waals surface area contributed by atoms with Gasteiger partial charge in [0.1, 0.15) is 0 Å². The number of amides is 2. The van der Waals surface area contributed by atoms with E-state index >= 15 is 0 Å². The Balaban J connectivity index is 1.85. The number of ether oxygens (including phenoxy) is 1. The molecule has 0 bridgehead atoms. The zero-order chi connectivity index (χ0) is 19.8. The Morgan fingerprint density at radius 1 is 1.19 bits per heavy atom. The van der Waals surface area contributed by atoms with Crippen LogP contribution in [0.15, 0.2) is 28.6 Å². The van der Waals surface area contributed by atoms with E-state index in [1.807, 2.05) is 27.7 Å². The third kappa shape index (κ3) is 6.51. The number of hydrogen-bond acceptors (Lipinski definition) is 7. The topological polar surface area (TPSA) is 84.4 Å². The number of nitrogens with zero attached hydrogens (tertiary/aromatic N) is 3. The van der Waals surface area contributed by atoms with Gasteiger partial charge in [-0.2, -0.15) is 0 Å². The fourth-order valence-electron chi connectivity index (χ4n) is 2.22. The molecule has 1 aromatic heterocycles. The van der Waals surface area contributed by atoms with Gasteiger partial charge in [0.15, 0.2) is 4.34 Å². The van der Waals surface area contributed by atoms with E-state index in [-0.39, 0.29) is 23.7 Å². The molecule has 9 heteroatoms. The number of carbonyl (C=O) groups excluding carboxylic acids is 2. The van der Waals surface area contributed by atoms with E-state index in [1.165, 1.54) is 23.1 Å². The molecule has 2 aromatic rings. The number of rotatable bonds is 9. The van der Waals surface area contributed by atoms with Crippen LogP contribution in [0.4, 0.5) is 5.69 Å². The molecule has 2 amide bonds. The van der Waals surface area contributed by atoms with E-state index in [2.05, 4.69) is 15.5 Å². The van der Waals surface area contributed by atoms with Crippen LogP contribution in [-0.4, -0.2) is 51.9 Å². The molecule has 0 atom stereocenters. The summed E-state index contributed by atoms with van der Waals surface area (Å²) in [4.78, 5) is 26.1. The number of aromatic nitrogens is 2. The van der Waals surface area contributed by atoms with Crippen molar-refractivity contribution >= 4 is 40.6 Å². The van der Waals surface area contributed by atoms with Crippen molar-refractivity contribution < 1.29 is 14.3 Å². The van der Waals surface area contributed by atoms with Crippen molar-refractivity contribution in [3.63, 3.8) is 0 Å². The standard InChI is InChI=1S/C18H24N4O3S2/c1-5-22(6-2)16(24)13-7-9-14(10-8-13)19-15(23)11-26-18-21-20-17(27-18)25-12(3)4/h7-10,12H,5-6,11H2,1-4H3,(H,19,23). The first-order chi connectivity index (χ1) is 12.9. The molecule has 0 saturated heterocycles. The molecule has 0 aliphatic carbocycles. The van der Waals surface area contributed by atoms with Gasteiger partial charge in [0.25, 0.3) is 11.1 Å². The molecule has 27 heavy (non-hydrogen) atoms. The Morgan fingerprint density at radius 2 is 1.85 bits per heavy atom. The quantitative estimate of drug-likeness (QED) is 0.639. The summed E-state index contributed by atoms with van der Waals surface area (Å²) in [6.45, 7) is 9.07. The van der Waals surface area contributed by atoms with Crippen molar-refractivity contribution in [1.29, 1.82) is 0 Å². The van der Waals surface area contributed by atoms with Gasteiger partial charge in [-0.15, -0.1) is 5.10 Å². The van der Waals surface area contributed by atoms with E-state index in [4.69, 9.17) is 4.74 Å². The predicted octanol–water partition coefficient (Wildman–Crippen LogP) is 3.54. The maximum Gasteiger partial charge on any atom is 0.295 e. The number of hydrogen-bond donors (Lipinski definition) is 1. The molecule has 0 fully saturated rings.